The minimum Gasteiger partial charge on any atom is -0.329 e. The van der Waals surface area contributed by atoms with Crippen molar-refractivity contribution in [2.24, 2.45) is 7.05 Å². The van der Waals surface area contributed by atoms with E-state index in [1.807, 2.05) is 11.6 Å². The van der Waals surface area contributed by atoms with Crippen LogP contribution in [0.4, 0.5) is 4.39 Å². The van der Waals surface area contributed by atoms with Gasteiger partial charge in [-0.2, -0.15) is 0 Å². The molecule has 0 atom stereocenters. The van der Waals surface area contributed by atoms with E-state index in [0.717, 1.165) is 5.16 Å². The van der Waals surface area contributed by atoms with Gasteiger partial charge in [0.05, 0.1) is 5.56 Å². The van der Waals surface area contributed by atoms with E-state index < -0.39 is 5.82 Å². The van der Waals surface area contributed by atoms with Crippen molar-refractivity contribution in [1.29, 1.82) is 0 Å². The first kappa shape index (κ1) is 11.9. The van der Waals surface area contributed by atoms with Crippen LogP contribution in [0.3, 0.4) is 0 Å². The number of rotatable bonds is 3. The molecule has 0 saturated carbocycles. The highest BCUT2D eigenvalue weighted by atomic mass is 32.2. The van der Waals surface area contributed by atoms with Gasteiger partial charge in [0.1, 0.15) is 5.82 Å². The maximum atomic E-state index is 13.6. The maximum Gasteiger partial charge on any atom is 0.172 e. The normalized spacial score (nSPS) is 10.5. The zero-order valence-corrected chi connectivity index (χ0v) is 10.3. The summed E-state index contributed by atoms with van der Waals surface area (Å²) < 4.78 is 15.4. The van der Waals surface area contributed by atoms with Gasteiger partial charge in [-0.15, -0.1) is 0 Å². The molecule has 1 heterocycles. The van der Waals surface area contributed by atoms with Gasteiger partial charge in [0.25, 0.3) is 0 Å². The summed E-state index contributed by atoms with van der Waals surface area (Å²) in [6, 6.07) is 4.60. The highest BCUT2D eigenvalue weighted by Crippen LogP contribution is 2.30. The summed E-state index contributed by atoms with van der Waals surface area (Å²) >= 11 is 1.28. The van der Waals surface area contributed by atoms with Gasteiger partial charge in [-0.1, -0.05) is 17.8 Å². The number of hydrogen-bond acceptors (Lipinski definition) is 3. The second-order valence-electron chi connectivity index (χ2n) is 3.59. The van der Waals surface area contributed by atoms with Crippen molar-refractivity contribution in [1.82, 2.24) is 9.55 Å². The number of imidazole rings is 1. The first-order valence-corrected chi connectivity index (χ1v) is 5.86. The number of halogens is 1. The monoisotopic (exact) mass is 250 g/mol. The molecule has 1 aromatic carbocycles. The number of carbonyl (C=O) groups excluding carboxylic acids is 1. The molecule has 1 aromatic heterocycles. The third-order valence-electron chi connectivity index (χ3n) is 2.31. The number of hydrogen-bond donors (Lipinski definition) is 0. The van der Waals surface area contributed by atoms with E-state index in [1.165, 1.54) is 24.8 Å². The standard InChI is InChI=1S/C12H11FN2OS/c1-8(16)11-9(13)4-3-5-10(11)17-12-14-6-7-15(12)2/h3-7H,1-2H3. The van der Waals surface area contributed by atoms with E-state index in [0.29, 0.717) is 4.90 Å². The average molecular weight is 250 g/mol. The highest BCUT2D eigenvalue weighted by Gasteiger charge is 2.15. The Morgan fingerprint density at radius 3 is 2.82 bits per heavy atom. The number of ketones is 1. The predicted octanol–water partition coefficient (Wildman–Crippen LogP) is 2.91. The number of nitrogens with zero attached hydrogens (tertiary/aromatic N) is 2. The first-order valence-electron chi connectivity index (χ1n) is 5.04. The lowest BCUT2D eigenvalue weighted by molar-refractivity contribution is 0.101. The van der Waals surface area contributed by atoms with Crippen LogP contribution in [-0.2, 0) is 7.05 Å². The fraction of sp³-hybridized carbons (Fsp3) is 0.167. The molecule has 5 heteroatoms. The number of Topliss-reactive ketones (excluding diaryl/α,β-unsaturated/α-hetero) is 1. The summed E-state index contributed by atoms with van der Waals surface area (Å²) in [5, 5.41) is 0.720. The molecule has 0 aliphatic heterocycles. The van der Waals surface area contributed by atoms with Gasteiger partial charge in [0.2, 0.25) is 0 Å². The Morgan fingerprint density at radius 2 is 2.24 bits per heavy atom. The van der Waals surface area contributed by atoms with Crippen molar-refractivity contribution in [3.05, 3.63) is 42.0 Å². The molecular weight excluding hydrogens is 239 g/mol. The summed E-state index contributed by atoms with van der Waals surface area (Å²) in [6.45, 7) is 1.36. The molecule has 0 fully saturated rings. The highest BCUT2D eigenvalue weighted by molar-refractivity contribution is 7.99. The maximum absolute atomic E-state index is 13.6. The lowest BCUT2D eigenvalue weighted by Crippen LogP contribution is -2.00. The van der Waals surface area contributed by atoms with Crippen LogP contribution in [0.15, 0.2) is 40.6 Å². The van der Waals surface area contributed by atoms with Gasteiger partial charge >= 0.3 is 0 Å². The molecular formula is C12H11FN2OS. The lowest BCUT2D eigenvalue weighted by Gasteiger charge is -2.07. The molecule has 0 radical (unpaired) electrons. The van der Waals surface area contributed by atoms with Crippen LogP contribution >= 0.6 is 11.8 Å². The van der Waals surface area contributed by atoms with Crippen LogP contribution in [0.5, 0.6) is 0 Å². The minimum absolute atomic E-state index is 0.125. The van der Waals surface area contributed by atoms with Crippen LogP contribution in [0.25, 0.3) is 0 Å². The molecule has 0 bridgehead atoms. The Bertz CT molecular complexity index is 565. The average Bonchev–Trinajstić information content (AvgIpc) is 2.64. The third kappa shape index (κ3) is 2.39. The molecule has 0 N–H and O–H groups in total. The Balaban J connectivity index is 2.43. The fourth-order valence-electron chi connectivity index (χ4n) is 1.48. The summed E-state index contributed by atoms with van der Waals surface area (Å²) in [7, 11) is 1.85. The third-order valence-corrected chi connectivity index (χ3v) is 3.44. The minimum atomic E-state index is -0.489. The van der Waals surface area contributed by atoms with Gasteiger partial charge in [0.15, 0.2) is 10.9 Å². The molecule has 0 aliphatic rings. The molecule has 2 rings (SSSR count). The Labute approximate surface area is 103 Å². The van der Waals surface area contributed by atoms with Crippen molar-refractivity contribution in [2.75, 3.05) is 0 Å². The van der Waals surface area contributed by atoms with Crippen LogP contribution < -0.4 is 0 Å². The van der Waals surface area contributed by atoms with E-state index in [2.05, 4.69) is 4.98 Å². The molecule has 3 nitrogen and oxygen atoms in total. The van der Waals surface area contributed by atoms with Gasteiger partial charge in [-0.05, 0) is 19.1 Å². The molecule has 88 valence electrons. The number of aryl methyl sites for hydroxylation is 1. The molecule has 0 amide bonds. The Hall–Kier alpha value is -1.62. The predicted molar refractivity (Wildman–Crippen MR) is 63.7 cm³/mol. The molecule has 0 saturated heterocycles. The van der Waals surface area contributed by atoms with Crippen molar-refractivity contribution < 1.29 is 9.18 Å². The summed E-state index contributed by atoms with van der Waals surface area (Å²) in [4.78, 5) is 16.1. The summed E-state index contributed by atoms with van der Waals surface area (Å²) in [5.74, 6) is -0.767. The summed E-state index contributed by atoms with van der Waals surface area (Å²) in [5.41, 5.74) is 0.125. The fourth-order valence-corrected chi connectivity index (χ4v) is 2.48. The molecule has 0 spiro atoms. The SMILES string of the molecule is CC(=O)c1c(F)cccc1Sc1nccn1C. The van der Waals surface area contributed by atoms with Crippen molar-refractivity contribution in [3.8, 4) is 0 Å². The Morgan fingerprint density at radius 1 is 1.47 bits per heavy atom. The number of aromatic nitrogens is 2. The quantitative estimate of drug-likeness (QED) is 0.786. The van der Waals surface area contributed by atoms with Crippen molar-refractivity contribution in [3.63, 3.8) is 0 Å². The number of carbonyl (C=O) groups is 1. The van der Waals surface area contributed by atoms with Crippen molar-refractivity contribution in [2.45, 2.75) is 17.0 Å². The second kappa shape index (κ2) is 4.71. The zero-order valence-electron chi connectivity index (χ0n) is 9.48. The lowest BCUT2D eigenvalue weighted by atomic mass is 10.1. The smallest absolute Gasteiger partial charge is 0.172 e. The molecule has 2 aromatic rings. The van der Waals surface area contributed by atoms with E-state index in [9.17, 15) is 9.18 Å². The van der Waals surface area contributed by atoms with Gasteiger partial charge in [0, 0.05) is 24.3 Å². The number of benzene rings is 1. The van der Waals surface area contributed by atoms with E-state index in [1.54, 1.807) is 24.5 Å². The van der Waals surface area contributed by atoms with Crippen LogP contribution in [-0.4, -0.2) is 15.3 Å². The van der Waals surface area contributed by atoms with Crippen molar-refractivity contribution >= 4 is 17.5 Å². The molecule has 17 heavy (non-hydrogen) atoms. The van der Waals surface area contributed by atoms with Gasteiger partial charge < -0.3 is 4.57 Å². The van der Waals surface area contributed by atoms with Gasteiger partial charge in [-0.3, -0.25) is 4.79 Å². The topological polar surface area (TPSA) is 34.9 Å². The molecule has 0 unspecified atom stereocenters. The van der Waals surface area contributed by atoms with E-state index in [-0.39, 0.29) is 11.3 Å². The van der Waals surface area contributed by atoms with E-state index >= 15 is 0 Å². The molecule has 0 aliphatic carbocycles. The second-order valence-corrected chi connectivity index (χ2v) is 4.60. The zero-order chi connectivity index (χ0) is 12.4. The Kier molecular flexibility index (Phi) is 3.28. The van der Waals surface area contributed by atoms with Gasteiger partial charge in [-0.25, -0.2) is 9.37 Å². The van der Waals surface area contributed by atoms with E-state index in [4.69, 9.17) is 0 Å². The van der Waals surface area contributed by atoms with Crippen LogP contribution in [0, 0.1) is 5.82 Å². The van der Waals surface area contributed by atoms with Crippen LogP contribution in [0.1, 0.15) is 17.3 Å². The first-order chi connectivity index (χ1) is 8.09. The van der Waals surface area contributed by atoms with Crippen LogP contribution in [0.2, 0.25) is 0 Å². The summed E-state index contributed by atoms with van der Waals surface area (Å²) in [6.07, 6.45) is 3.46. The largest absolute Gasteiger partial charge is 0.329 e.